The summed E-state index contributed by atoms with van der Waals surface area (Å²) >= 11 is 1.30. The molecule has 0 radical (unpaired) electrons. The third-order valence-corrected chi connectivity index (χ3v) is 2.93. The van der Waals surface area contributed by atoms with Gasteiger partial charge in [-0.1, -0.05) is 27.7 Å². The van der Waals surface area contributed by atoms with Crippen LogP contribution in [0.25, 0.3) is 0 Å². The zero-order chi connectivity index (χ0) is 13.4. The third-order valence-electron chi connectivity index (χ3n) is 2.93. The van der Waals surface area contributed by atoms with E-state index in [-0.39, 0.29) is 24.8 Å². The molecule has 0 amide bonds. The molecule has 0 aromatic carbocycles. The fraction of sp³-hybridized carbons (Fsp3) is 0.438. The Balaban J connectivity index is -0.000000219. The molecule has 19 heavy (non-hydrogen) atoms. The van der Waals surface area contributed by atoms with Gasteiger partial charge in [0.1, 0.15) is 0 Å². The van der Waals surface area contributed by atoms with E-state index in [1.807, 2.05) is 0 Å². The maximum absolute atomic E-state index is 3.34. The van der Waals surface area contributed by atoms with Gasteiger partial charge in [0.25, 0.3) is 0 Å². The van der Waals surface area contributed by atoms with Gasteiger partial charge in [0.2, 0.25) is 0 Å². The molecule has 0 saturated carbocycles. The molecule has 0 nitrogen and oxygen atoms in total. The summed E-state index contributed by atoms with van der Waals surface area (Å²) in [6.45, 7) is 10.6. The van der Waals surface area contributed by atoms with Crippen molar-refractivity contribution >= 4 is 29.0 Å². The zero-order valence-corrected chi connectivity index (χ0v) is 16.6. The Morgan fingerprint density at radius 1 is 0.947 bits per heavy atom. The van der Waals surface area contributed by atoms with Gasteiger partial charge in [-0.15, -0.1) is 44.6 Å². The zero-order valence-electron chi connectivity index (χ0n) is 12.5. The first-order valence-electron chi connectivity index (χ1n) is 5.85. The molecule has 0 aliphatic heterocycles. The fourth-order valence-corrected chi connectivity index (χ4v) is 1.60. The number of allylic oxidation sites excluding steroid dienone is 8. The van der Waals surface area contributed by atoms with Crippen LogP contribution in [0.4, 0.5) is 0 Å². The molecule has 0 aromatic heterocycles. The number of hydrogen-bond acceptors (Lipinski definition) is 0. The average molecular weight is 378 g/mol. The van der Waals surface area contributed by atoms with Crippen LogP contribution in [-0.2, 0) is 24.2 Å². The first-order valence-corrected chi connectivity index (χ1v) is 7.58. The van der Waals surface area contributed by atoms with E-state index in [1.165, 1.54) is 52.1 Å². The fourth-order valence-electron chi connectivity index (χ4n) is 1.60. The monoisotopic (exact) mass is 376 g/mol. The van der Waals surface area contributed by atoms with Gasteiger partial charge >= 0.3 is 28.4 Å². The number of rotatable bonds is 0. The molecule has 106 valence electrons. The second-order valence-electron chi connectivity index (χ2n) is 4.41. The molecular weight excluding hydrogens is 354 g/mol. The van der Waals surface area contributed by atoms with Crippen LogP contribution in [0.3, 0.4) is 0 Å². The first kappa shape index (κ1) is 24.3. The van der Waals surface area contributed by atoms with Crippen molar-refractivity contribution in [2.45, 2.75) is 47.5 Å². The van der Waals surface area contributed by atoms with Crippen molar-refractivity contribution in [3.05, 3.63) is 46.1 Å². The van der Waals surface area contributed by atoms with Crippen molar-refractivity contribution in [1.29, 1.82) is 0 Å². The van der Waals surface area contributed by atoms with E-state index in [4.69, 9.17) is 0 Å². The van der Waals surface area contributed by atoms with Crippen LogP contribution in [0.1, 0.15) is 47.5 Å². The molecule has 0 saturated heterocycles. The predicted molar refractivity (Wildman–Crippen MR) is 87.8 cm³/mol. The summed E-state index contributed by atoms with van der Waals surface area (Å²) in [5, 5.41) is 0. The number of hydrogen-bond donors (Lipinski definition) is 0. The third kappa shape index (κ3) is 9.77. The standard InChI is InChI=1S/C8H11.C7H9.CH2.2ClH.Zr/c1-6-4-5-7(2)8(6)3;1-6-3-4-7(2)5-6;;;;/h4H2,1-3H3;5H,3H2,1-2H3;1H2;2*1H;/q2*-1;;;;+2. The topological polar surface area (TPSA) is 0 Å². The van der Waals surface area contributed by atoms with Crippen molar-refractivity contribution in [3.8, 4) is 0 Å². The van der Waals surface area contributed by atoms with Crippen molar-refractivity contribution in [2.75, 3.05) is 0 Å². The van der Waals surface area contributed by atoms with Gasteiger partial charge < -0.3 is 0 Å². The quantitative estimate of drug-likeness (QED) is 0.497. The summed E-state index contributed by atoms with van der Waals surface area (Å²) in [6, 6.07) is 0. The molecule has 2 aliphatic rings. The number of halogens is 2. The molecule has 0 bridgehead atoms. The Bertz CT molecular complexity index is 382. The Morgan fingerprint density at radius 2 is 1.47 bits per heavy atom. The van der Waals surface area contributed by atoms with Crippen LogP contribution < -0.4 is 0 Å². The molecule has 0 atom stereocenters. The van der Waals surface area contributed by atoms with Gasteiger partial charge in [0.05, 0.1) is 0 Å². The van der Waals surface area contributed by atoms with Crippen molar-refractivity contribution < 1.29 is 24.2 Å². The minimum absolute atomic E-state index is 0. The second-order valence-corrected chi connectivity index (χ2v) is 4.41. The van der Waals surface area contributed by atoms with Crippen molar-refractivity contribution in [3.63, 3.8) is 0 Å². The molecule has 2 rings (SSSR count). The van der Waals surface area contributed by atoms with Gasteiger partial charge in [0.15, 0.2) is 0 Å². The van der Waals surface area contributed by atoms with Crippen molar-refractivity contribution in [1.82, 2.24) is 0 Å². The molecule has 0 N–H and O–H groups in total. The van der Waals surface area contributed by atoms with Crippen molar-refractivity contribution in [2.24, 2.45) is 0 Å². The Labute approximate surface area is 146 Å². The van der Waals surface area contributed by atoms with E-state index >= 15 is 0 Å². The summed E-state index contributed by atoms with van der Waals surface area (Å²) in [4.78, 5) is 0. The Morgan fingerprint density at radius 3 is 1.58 bits per heavy atom. The molecule has 3 heteroatoms. The molecule has 0 heterocycles. The van der Waals surface area contributed by atoms with Crippen LogP contribution in [0.5, 0.6) is 0 Å². The van der Waals surface area contributed by atoms with E-state index in [2.05, 4.69) is 57.1 Å². The average Bonchev–Trinajstić information content (AvgIpc) is 2.83. The van der Waals surface area contributed by atoms with Crippen LogP contribution in [0, 0.1) is 12.2 Å². The molecule has 0 fully saturated rings. The predicted octanol–water partition coefficient (Wildman–Crippen LogP) is 5.37. The van der Waals surface area contributed by atoms with E-state index in [0.29, 0.717) is 0 Å². The second kappa shape index (κ2) is 13.3. The van der Waals surface area contributed by atoms with Gasteiger partial charge in [-0.3, -0.25) is 12.2 Å². The SMILES string of the molecule is CC1=[C-]CC(C)=C1.CC1=[C-]CC(C)=C1C.Cl.Cl.[CH2]=[Zr+2]. The Hall–Kier alpha value is 0.293. The first-order chi connectivity index (χ1) is 8.00. The molecule has 0 aromatic rings. The van der Waals surface area contributed by atoms with E-state index < -0.39 is 0 Å². The summed E-state index contributed by atoms with van der Waals surface area (Å²) in [6.07, 6.45) is 10.7. The summed E-state index contributed by atoms with van der Waals surface area (Å²) in [5.41, 5.74) is 6.96. The molecule has 0 spiro atoms. The van der Waals surface area contributed by atoms with Gasteiger partial charge in [-0.2, -0.15) is 16.7 Å². The van der Waals surface area contributed by atoms with E-state index in [1.54, 1.807) is 0 Å². The van der Waals surface area contributed by atoms with Crippen LogP contribution in [0.15, 0.2) is 33.9 Å². The molecule has 2 aliphatic carbocycles. The van der Waals surface area contributed by atoms with Crippen LogP contribution >= 0.6 is 24.8 Å². The summed E-state index contributed by atoms with van der Waals surface area (Å²) in [5.74, 6) is 0. The molecule has 0 unspecified atom stereocenters. The van der Waals surface area contributed by atoms with Gasteiger partial charge in [-0.05, 0) is 0 Å². The van der Waals surface area contributed by atoms with Crippen LogP contribution in [-0.4, -0.2) is 4.21 Å². The maximum atomic E-state index is 3.34. The Kier molecular flexibility index (Phi) is 17.0. The summed E-state index contributed by atoms with van der Waals surface area (Å²) < 4.78 is 3.34. The van der Waals surface area contributed by atoms with Crippen LogP contribution in [0.2, 0.25) is 0 Å². The van der Waals surface area contributed by atoms with Gasteiger partial charge in [-0.25, -0.2) is 17.2 Å². The molecular formula is C16H24Cl2Zr. The van der Waals surface area contributed by atoms with Gasteiger partial charge in [0, 0.05) is 0 Å². The van der Waals surface area contributed by atoms with E-state index in [9.17, 15) is 0 Å². The van der Waals surface area contributed by atoms with E-state index in [0.717, 1.165) is 12.8 Å². The minimum atomic E-state index is 0. The summed E-state index contributed by atoms with van der Waals surface area (Å²) in [7, 11) is 0. The normalized spacial score (nSPS) is 15.6.